The van der Waals surface area contributed by atoms with Crippen LogP contribution < -0.4 is 5.32 Å². The van der Waals surface area contributed by atoms with Crippen LogP contribution in [0, 0.1) is 5.92 Å². The molecule has 4 heteroatoms. The molecule has 0 aromatic rings. The van der Waals surface area contributed by atoms with E-state index in [1.54, 1.807) is 0 Å². The molecule has 96 valence electrons. The van der Waals surface area contributed by atoms with Crippen LogP contribution in [0.15, 0.2) is 0 Å². The van der Waals surface area contributed by atoms with Gasteiger partial charge in [0.15, 0.2) is 0 Å². The summed E-state index contributed by atoms with van der Waals surface area (Å²) >= 11 is 0. The Morgan fingerprint density at radius 3 is 2.59 bits per heavy atom. The lowest BCUT2D eigenvalue weighted by atomic mass is 9.96. The predicted molar refractivity (Wildman–Crippen MR) is 66.5 cm³/mol. The number of amides is 1. The van der Waals surface area contributed by atoms with Crippen LogP contribution in [0.4, 0.5) is 0 Å². The lowest BCUT2D eigenvalue weighted by molar-refractivity contribution is -0.130. The summed E-state index contributed by atoms with van der Waals surface area (Å²) in [5, 5.41) is 3.38. The number of carbonyl (C=O) groups is 1. The summed E-state index contributed by atoms with van der Waals surface area (Å²) in [7, 11) is 0. The van der Waals surface area contributed by atoms with Gasteiger partial charge in [-0.3, -0.25) is 10.1 Å². The number of piperidine rings is 1. The topological polar surface area (TPSA) is 35.6 Å². The Morgan fingerprint density at radius 2 is 2.06 bits per heavy atom. The molecule has 17 heavy (non-hydrogen) atoms. The number of likely N-dealkylation sites (tertiary alicyclic amines) is 1. The molecule has 3 rings (SSSR count). The Hall–Kier alpha value is -0.610. The van der Waals surface area contributed by atoms with Gasteiger partial charge in [0.05, 0.1) is 12.2 Å². The van der Waals surface area contributed by atoms with Crippen molar-refractivity contribution in [2.24, 2.45) is 5.92 Å². The minimum atomic E-state index is -0.107. The maximum absolute atomic E-state index is 12.1. The van der Waals surface area contributed by atoms with E-state index in [0.29, 0.717) is 5.91 Å². The zero-order chi connectivity index (χ0) is 11.9. The monoisotopic (exact) mass is 237 g/mol. The van der Waals surface area contributed by atoms with Crippen LogP contribution in [0.25, 0.3) is 0 Å². The SMILES string of the molecule is CCN1CCC(CN2CNC3(CC3)C2=O)CC1. The highest BCUT2D eigenvalue weighted by Gasteiger charge is 2.55. The highest BCUT2D eigenvalue weighted by atomic mass is 16.2. The number of hydrogen-bond donors (Lipinski definition) is 1. The average Bonchev–Trinajstić information content (AvgIpc) is 3.09. The van der Waals surface area contributed by atoms with E-state index < -0.39 is 0 Å². The van der Waals surface area contributed by atoms with Crippen molar-refractivity contribution in [3.63, 3.8) is 0 Å². The van der Waals surface area contributed by atoms with Gasteiger partial charge >= 0.3 is 0 Å². The molecule has 3 fully saturated rings. The Bertz CT molecular complexity index is 306. The van der Waals surface area contributed by atoms with Crippen molar-refractivity contribution in [2.75, 3.05) is 32.8 Å². The summed E-state index contributed by atoms with van der Waals surface area (Å²) in [5.74, 6) is 1.09. The zero-order valence-electron chi connectivity index (χ0n) is 10.7. The number of rotatable bonds is 3. The minimum Gasteiger partial charge on any atom is -0.328 e. The average molecular weight is 237 g/mol. The van der Waals surface area contributed by atoms with Crippen molar-refractivity contribution < 1.29 is 4.79 Å². The molecule has 1 amide bonds. The first-order valence-corrected chi connectivity index (χ1v) is 7.00. The van der Waals surface area contributed by atoms with Crippen molar-refractivity contribution in [3.8, 4) is 0 Å². The fraction of sp³-hybridized carbons (Fsp3) is 0.923. The first kappa shape index (κ1) is 11.5. The van der Waals surface area contributed by atoms with Gasteiger partial charge in [-0.2, -0.15) is 0 Å². The van der Waals surface area contributed by atoms with Gasteiger partial charge in [-0.05, 0) is 51.2 Å². The number of nitrogens with one attached hydrogen (secondary N) is 1. The maximum Gasteiger partial charge on any atom is 0.243 e. The molecule has 1 aliphatic carbocycles. The van der Waals surface area contributed by atoms with E-state index >= 15 is 0 Å². The number of nitrogens with zero attached hydrogens (tertiary/aromatic N) is 2. The van der Waals surface area contributed by atoms with Crippen molar-refractivity contribution >= 4 is 5.91 Å². The Balaban J connectivity index is 1.50. The van der Waals surface area contributed by atoms with E-state index in [2.05, 4.69) is 22.0 Å². The quantitative estimate of drug-likeness (QED) is 0.782. The summed E-state index contributed by atoms with van der Waals surface area (Å²) < 4.78 is 0. The van der Waals surface area contributed by atoms with E-state index in [0.717, 1.165) is 32.0 Å². The molecule has 2 saturated heterocycles. The summed E-state index contributed by atoms with van der Waals surface area (Å²) in [6.07, 6.45) is 4.61. The van der Waals surface area contributed by atoms with E-state index in [1.807, 2.05) is 0 Å². The van der Waals surface area contributed by atoms with Crippen LogP contribution in [0.1, 0.15) is 32.6 Å². The Labute approximate surface area is 103 Å². The molecule has 2 aliphatic heterocycles. The largest absolute Gasteiger partial charge is 0.328 e. The highest BCUT2D eigenvalue weighted by Crippen LogP contribution is 2.40. The van der Waals surface area contributed by atoms with Crippen molar-refractivity contribution in [3.05, 3.63) is 0 Å². The van der Waals surface area contributed by atoms with Gasteiger partial charge in [0.1, 0.15) is 0 Å². The predicted octanol–water partition coefficient (Wildman–Crippen LogP) is 0.640. The lowest BCUT2D eigenvalue weighted by Gasteiger charge is -2.33. The molecule has 1 saturated carbocycles. The molecule has 2 heterocycles. The molecule has 4 nitrogen and oxygen atoms in total. The van der Waals surface area contributed by atoms with E-state index in [-0.39, 0.29) is 5.54 Å². The van der Waals surface area contributed by atoms with Crippen LogP contribution >= 0.6 is 0 Å². The van der Waals surface area contributed by atoms with Crippen LogP contribution in [0.5, 0.6) is 0 Å². The third kappa shape index (κ3) is 2.08. The first-order valence-electron chi connectivity index (χ1n) is 7.00. The molecular formula is C13H23N3O. The fourth-order valence-electron chi connectivity index (χ4n) is 3.16. The molecule has 0 radical (unpaired) electrons. The van der Waals surface area contributed by atoms with Crippen LogP contribution in [0.2, 0.25) is 0 Å². The van der Waals surface area contributed by atoms with Crippen LogP contribution in [-0.2, 0) is 4.79 Å². The molecule has 1 N–H and O–H groups in total. The molecule has 0 aromatic heterocycles. The van der Waals surface area contributed by atoms with Gasteiger partial charge in [-0.15, -0.1) is 0 Å². The van der Waals surface area contributed by atoms with Crippen LogP contribution in [0.3, 0.4) is 0 Å². The third-order valence-electron chi connectivity index (χ3n) is 4.69. The standard InChI is InChI=1S/C13H23N3O/c1-2-15-7-3-11(4-8-15)9-16-10-14-13(5-6-13)12(16)17/h11,14H,2-10H2,1H3. The highest BCUT2D eigenvalue weighted by molar-refractivity contribution is 5.91. The molecular weight excluding hydrogens is 214 g/mol. The van der Waals surface area contributed by atoms with Gasteiger partial charge in [0.25, 0.3) is 0 Å². The lowest BCUT2D eigenvalue weighted by Crippen LogP contribution is -2.40. The third-order valence-corrected chi connectivity index (χ3v) is 4.69. The molecule has 0 unspecified atom stereocenters. The normalized spacial score (nSPS) is 29.2. The van der Waals surface area contributed by atoms with Crippen molar-refractivity contribution in [1.29, 1.82) is 0 Å². The maximum atomic E-state index is 12.1. The van der Waals surface area contributed by atoms with Crippen molar-refractivity contribution in [2.45, 2.75) is 38.1 Å². The molecule has 0 bridgehead atoms. The molecule has 0 atom stereocenters. The summed E-state index contributed by atoms with van der Waals surface area (Å²) in [6, 6.07) is 0. The second kappa shape index (κ2) is 4.25. The van der Waals surface area contributed by atoms with Crippen molar-refractivity contribution in [1.82, 2.24) is 15.1 Å². The van der Waals surface area contributed by atoms with Gasteiger partial charge in [-0.1, -0.05) is 6.92 Å². The van der Waals surface area contributed by atoms with Crippen LogP contribution in [-0.4, -0.2) is 54.1 Å². The Morgan fingerprint density at radius 1 is 1.35 bits per heavy atom. The molecule has 3 aliphatic rings. The Kier molecular flexibility index (Phi) is 2.87. The number of carbonyl (C=O) groups excluding carboxylic acids is 1. The molecule has 1 spiro atoms. The van der Waals surface area contributed by atoms with Gasteiger partial charge in [0.2, 0.25) is 5.91 Å². The summed E-state index contributed by atoms with van der Waals surface area (Å²) in [6.45, 7) is 7.58. The van der Waals surface area contributed by atoms with Gasteiger partial charge < -0.3 is 9.80 Å². The zero-order valence-corrected chi connectivity index (χ0v) is 10.7. The van der Waals surface area contributed by atoms with Gasteiger partial charge in [-0.25, -0.2) is 0 Å². The van der Waals surface area contributed by atoms with E-state index in [4.69, 9.17) is 0 Å². The van der Waals surface area contributed by atoms with E-state index in [1.165, 1.54) is 32.5 Å². The summed E-state index contributed by atoms with van der Waals surface area (Å²) in [5.41, 5.74) is -0.107. The molecule has 0 aromatic carbocycles. The first-order chi connectivity index (χ1) is 8.23. The number of hydrogen-bond acceptors (Lipinski definition) is 3. The minimum absolute atomic E-state index is 0.107. The second-order valence-electron chi connectivity index (χ2n) is 5.82. The van der Waals surface area contributed by atoms with Gasteiger partial charge in [0, 0.05) is 6.54 Å². The van der Waals surface area contributed by atoms with E-state index in [9.17, 15) is 4.79 Å². The summed E-state index contributed by atoms with van der Waals surface area (Å²) in [4.78, 5) is 16.7. The second-order valence-corrected chi connectivity index (χ2v) is 5.82. The fourth-order valence-corrected chi connectivity index (χ4v) is 3.16. The smallest absolute Gasteiger partial charge is 0.243 e.